The topological polar surface area (TPSA) is 85.2 Å². The van der Waals surface area contributed by atoms with E-state index in [4.69, 9.17) is 4.74 Å². The Morgan fingerprint density at radius 3 is 2.23 bits per heavy atom. The van der Waals surface area contributed by atoms with E-state index in [1.807, 2.05) is 52.9 Å². The number of carbonyl (C=O) groups is 2. The predicted molar refractivity (Wildman–Crippen MR) is 98.7 cm³/mol. The fourth-order valence-corrected chi connectivity index (χ4v) is 2.82. The zero-order chi connectivity index (χ0) is 19.3. The van der Waals surface area contributed by atoms with Crippen LogP contribution >= 0.6 is 0 Å². The molecule has 0 fully saturated rings. The summed E-state index contributed by atoms with van der Waals surface area (Å²) in [6, 6.07) is 5.74. The van der Waals surface area contributed by atoms with Crippen LogP contribution in [0.2, 0.25) is 0 Å². The van der Waals surface area contributed by atoms with Gasteiger partial charge in [0.05, 0.1) is 5.69 Å². The van der Waals surface area contributed by atoms with Crippen LogP contribution < -0.4 is 15.6 Å². The number of hydrogen-bond acceptors (Lipinski definition) is 4. The second-order valence-electron chi connectivity index (χ2n) is 6.48. The van der Waals surface area contributed by atoms with Crippen LogP contribution in [0, 0.1) is 27.7 Å². The van der Waals surface area contributed by atoms with Crippen LogP contribution in [0.1, 0.15) is 34.5 Å². The molecule has 0 saturated heterocycles. The Morgan fingerprint density at radius 2 is 1.65 bits per heavy atom. The van der Waals surface area contributed by atoms with Crippen molar-refractivity contribution in [2.75, 3.05) is 6.61 Å². The smallest absolute Gasteiger partial charge is 0.276 e. The van der Waals surface area contributed by atoms with Gasteiger partial charge in [-0.25, -0.2) is 0 Å². The third kappa shape index (κ3) is 5.34. The van der Waals surface area contributed by atoms with Gasteiger partial charge in [-0.15, -0.1) is 0 Å². The number of nitrogens with zero attached hydrogens (tertiary/aromatic N) is 2. The molecule has 2 amide bonds. The number of carbonyl (C=O) groups excluding carboxylic acids is 2. The van der Waals surface area contributed by atoms with Crippen molar-refractivity contribution in [1.29, 1.82) is 0 Å². The molecule has 0 radical (unpaired) electrons. The SMILES string of the molecule is Cc1cc(C)cc(OCC(=O)NNC(=O)CCc2c(C)nn(C)c2C)c1. The number of aryl methyl sites for hydroxylation is 4. The average Bonchev–Trinajstić information content (AvgIpc) is 2.80. The Balaban J connectivity index is 1.73. The molecule has 7 nitrogen and oxygen atoms in total. The summed E-state index contributed by atoms with van der Waals surface area (Å²) in [5, 5.41) is 4.33. The van der Waals surface area contributed by atoms with Crippen molar-refractivity contribution in [3.63, 3.8) is 0 Å². The average molecular weight is 358 g/mol. The van der Waals surface area contributed by atoms with E-state index in [1.165, 1.54) is 0 Å². The number of aromatic nitrogens is 2. The number of hydrogen-bond donors (Lipinski definition) is 2. The van der Waals surface area contributed by atoms with Crippen LogP contribution in [0.15, 0.2) is 18.2 Å². The lowest BCUT2D eigenvalue weighted by Crippen LogP contribution is -2.43. The van der Waals surface area contributed by atoms with Crippen molar-refractivity contribution >= 4 is 11.8 Å². The summed E-state index contributed by atoms with van der Waals surface area (Å²) < 4.78 is 7.25. The van der Waals surface area contributed by atoms with Crippen LogP contribution in [0.3, 0.4) is 0 Å². The Morgan fingerprint density at radius 1 is 1.04 bits per heavy atom. The number of benzene rings is 1. The molecule has 7 heteroatoms. The monoisotopic (exact) mass is 358 g/mol. The Labute approximate surface area is 153 Å². The van der Waals surface area contributed by atoms with Crippen molar-refractivity contribution in [3.8, 4) is 5.75 Å². The highest BCUT2D eigenvalue weighted by Crippen LogP contribution is 2.16. The first-order chi connectivity index (χ1) is 12.3. The first-order valence-corrected chi connectivity index (χ1v) is 8.54. The van der Waals surface area contributed by atoms with Crippen LogP contribution in [0.4, 0.5) is 0 Å². The number of rotatable bonds is 6. The van der Waals surface area contributed by atoms with E-state index in [9.17, 15) is 9.59 Å². The van der Waals surface area contributed by atoms with Crippen molar-refractivity contribution in [3.05, 3.63) is 46.3 Å². The van der Waals surface area contributed by atoms with Crippen molar-refractivity contribution < 1.29 is 14.3 Å². The minimum Gasteiger partial charge on any atom is -0.484 e. The molecule has 0 aliphatic carbocycles. The van der Waals surface area contributed by atoms with Crippen LogP contribution in [-0.2, 0) is 23.1 Å². The molecule has 2 aromatic rings. The molecule has 0 atom stereocenters. The standard InChI is InChI=1S/C19H26N4O3/c1-12-8-13(2)10-16(9-12)26-11-19(25)21-20-18(24)7-6-17-14(3)22-23(5)15(17)4/h8-10H,6-7,11H2,1-5H3,(H,20,24)(H,21,25). The molecule has 0 bridgehead atoms. The van der Waals surface area contributed by atoms with E-state index in [-0.39, 0.29) is 18.9 Å². The fourth-order valence-electron chi connectivity index (χ4n) is 2.82. The second-order valence-corrected chi connectivity index (χ2v) is 6.48. The highest BCUT2D eigenvalue weighted by atomic mass is 16.5. The van der Waals surface area contributed by atoms with E-state index in [0.717, 1.165) is 28.1 Å². The van der Waals surface area contributed by atoms with Crippen LogP contribution in [0.25, 0.3) is 0 Å². The maximum atomic E-state index is 11.9. The zero-order valence-electron chi connectivity index (χ0n) is 16.0. The van der Waals surface area contributed by atoms with E-state index < -0.39 is 5.91 Å². The van der Waals surface area contributed by atoms with Gasteiger partial charge >= 0.3 is 0 Å². The maximum absolute atomic E-state index is 11.9. The third-order valence-corrected chi connectivity index (χ3v) is 4.17. The molecule has 1 heterocycles. The highest BCUT2D eigenvalue weighted by molar-refractivity contribution is 5.82. The zero-order valence-corrected chi connectivity index (χ0v) is 16.0. The van der Waals surface area contributed by atoms with Gasteiger partial charge in [-0.1, -0.05) is 6.07 Å². The molecule has 2 N–H and O–H groups in total. The number of nitrogens with one attached hydrogen (secondary N) is 2. The molecule has 2 rings (SSSR count). The lowest BCUT2D eigenvalue weighted by Gasteiger charge is -2.10. The minimum atomic E-state index is -0.411. The molecular formula is C19H26N4O3. The van der Waals surface area contributed by atoms with Crippen molar-refractivity contribution in [2.24, 2.45) is 7.05 Å². The summed E-state index contributed by atoms with van der Waals surface area (Å²) in [5.74, 6) is -0.0369. The first-order valence-electron chi connectivity index (χ1n) is 8.54. The van der Waals surface area contributed by atoms with Gasteiger partial charge in [0.2, 0.25) is 5.91 Å². The van der Waals surface area contributed by atoms with Gasteiger partial charge in [-0.05, 0) is 62.9 Å². The van der Waals surface area contributed by atoms with Gasteiger partial charge in [0.25, 0.3) is 5.91 Å². The minimum absolute atomic E-state index is 0.163. The number of amides is 2. The molecule has 1 aromatic carbocycles. The molecule has 0 spiro atoms. The normalized spacial score (nSPS) is 10.5. The fraction of sp³-hybridized carbons (Fsp3) is 0.421. The molecule has 0 saturated carbocycles. The summed E-state index contributed by atoms with van der Waals surface area (Å²) in [7, 11) is 1.88. The third-order valence-electron chi connectivity index (χ3n) is 4.17. The van der Waals surface area contributed by atoms with E-state index >= 15 is 0 Å². The maximum Gasteiger partial charge on any atom is 0.276 e. The molecule has 0 unspecified atom stereocenters. The van der Waals surface area contributed by atoms with Gasteiger partial charge in [0, 0.05) is 19.2 Å². The quantitative estimate of drug-likeness (QED) is 0.771. The molecule has 0 aliphatic heterocycles. The van der Waals surface area contributed by atoms with Gasteiger partial charge in [0.1, 0.15) is 5.75 Å². The predicted octanol–water partition coefficient (Wildman–Crippen LogP) is 1.81. The van der Waals surface area contributed by atoms with E-state index in [2.05, 4.69) is 16.0 Å². The lowest BCUT2D eigenvalue weighted by atomic mass is 10.1. The Kier molecular flexibility index (Phi) is 6.38. The molecule has 26 heavy (non-hydrogen) atoms. The summed E-state index contributed by atoms with van der Waals surface area (Å²) in [6.07, 6.45) is 0.845. The van der Waals surface area contributed by atoms with E-state index in [0.29, 0.717) is 12.2 Å². The van der Waals surface area contributed by atoms with E-state index in [1.54, 1.807) is 4.68 Å². The summed E-state index contributed by atoms with van der Waals surface area (Å²) in [4.78, 5) is 23.7. The highest BCUT2D eigenvalue weighted by Gasteiger charge is 2.12. The van der Waals surface area contributed by atoms with Crippen LogP contribution in [-0.4, -0.2) is 28.2 Å². The second kappa shape index (κ2) is 8.51. The van der Waals surface area contributed by atoms with Gasteiger partial charge in [-0.3, -0.25) is 25.1 Å². The molecule has 0 aliphatic rings. The Hall–Kier alpha value is -2.83. The van der Waals surface area contributed by atoms with Gasteiger partial charge < -0.3 is 4.74 Å². The van der Waals surface area contributed by atoms with Crippen molar-refractivity contribution in [1.82, 2.24) is 20.6 Å². The van der Waals surface area contributed by atoms with Crippen LogP contribution in [0.5, 0.6) is 5.75 Å². The van der Waals surface area contributed by atoms with Gasteiger partial charge in [0.15, 0.2) is 6.61 Å². The molecule has 140 valence electrons. The van der Waals surface area contributed by atoms with Gasteiger partial charge in [-0.2, -0.15) is 5.10 Å². The number of hydrazine groups is 1. The summed E-state index contributed by atoms with van der Waals surface area (Å²) >= 11 is 0. The number of ether oxygens (including phenoxy) is 1. The molecule has 1 aromatic heterocycles. The molecular weight excluding hydrogens is 332 g/mol. The Bertz CT molecular complexity index is 791. The lowest BCUT2D eigenvalue weighted by molar-refractivity contribution is -0.130. The first kappa shape index (κ1) is 19.5. The summed E-state index contributed by atoms with van der Waals surface area (Å²) in [6.45, 7) is 7.66. The van der Waals surface area contributed by atoms with Crippen molar-refractivity contribution in [2.45, 2.75) is 40.5 Å². The largest absolute Gasteiger partial charge is 0.484 e. The summed E-state index contributed by atoms with van der Waals surface area (Å²) in [5.41, 5.74) is 9.93.